The van der Waals surface area contributed by atoms with Crippen LogP contribution >= 0.6 is 11.3 Å². The molecule has 2 nitrogen and oxygen atoms in total. The summed E-state index contributed by atoms with van der Waals surface area (Å²) in [5, 5.41) is 1.20. The number of aryl methyl sites for hydroxylation is 1. The Balaban J connectivity index is 2.42. The van der Waals surface area contributed by atoms with Gasteiger partial charge >= 0.3 is 0 Å². The quantitative estimate of drug-likeness (QED) is 0.612. The Morgan fingerprint density at radius 3 is 2.81 bits per heavy atom. The zero-order valence-electron chi connectivity index (χ0n) is 12.1. The van der Waals surface area contributed by atoms with Crippen LogP contribution in [0.15, 0.2) is 55.1 Å². The fraction of sp³-hybridized carbons (Fsp3) is 0.111. The van der Waals surface area contributed by atoms with Crippen molar-refractivity contribution in [1.82, 2.24) is 9.97 Å². The predicted octanol–water partition coefficient (Wildman–Crippen LogP) is 5.30. The van der Waals surface area contributed by atoms with Crippen LogP contribution in [0.4, 0.5) is 0 Å². The molecule has 1 aromatic carbocycles. The molecule has 0 amide bonds. The first-order valence-electron chi connectivity index (χ1n) is 6.86. The van der Waals surface area contributed by atoms with Gasteiger partial charge in [0.15, 0.2) is 0 Å². The van der Waals surface area contributed by atoms with Crippen molar-refractivity contribution in [2.24, 2.45) is 0 Å². The van der Waals surface area contributed by atoms with Crippen molar-refractivity contribution >= 4 is 37.2 Å². The maximum atomic E-state index is 4.67. The predicted molar refractivity (Wildman–Crippen MR) is 92.6 cm³/mol. The third-order valence-corrected chi connectivity index (χ3v) is 4.42. The first-order valence-corrected chi connectivity index (χ1v) is 7.68. The van der Waals surface area contributed by atoms with Crippen LogP contribution in [0.2, 0.25) is 0 Å². The fourth-order valence-corrected chi connectivity index (χ4v) is 3.57. The Morgan fingerprint density at radius 2 is 2.05 bits per heavy atom. The SMILES string of the molecule is C=C/C=C(\C=C/C)c1nc(C)nc2c1sc1ccccc12. The lowest BCUT2D eigenvalue weighted by Gasteiger charge is -2.04. The van der Waals surface area contributed by atoms with Crippen LogP contribution in [-0.4, -0.2) is 9.97 Å². The molecule has 0 saturated carbocycles. The van der Waals surface area contributed by atoms with E-state index < -0.39 is 0 Å². The van der Waals surface area contributed by atoms with Crippen molar-refractivity contribution in [3.63, 3.8) is 0 Å². The molecule has 0 aliphatic heterocycles. The highest BCUT2D eigenvalue weighted by Crippen LogP contribution is 2.36. The number of nitrogens with zero attached hydrogens (tertiary/aromatic N) is 2. The summed E-state index contributed by atoms with van der Waals surface area (Å²) in [6.45, 7) is 7.75. The first-order chi connectivity index (χ1) is 10.2. The lowest BCUT2D eigenvalue weighted by atomic mass is 10.1. The minimum atomic E-state index is 0.792. The van der Waals surface area contributed by atoms with Crippen molar-refractivity contribution < 1.29 is 0 Å². The molecule has 3 rings (SSSR count). The highest BCUT2D eigenvalue weighted by Gasteiger charge is 2.13. The van der Waals surface area contributed by atoms with Crippen LogP contribution < -0.4 is 0 Å². The van der Waals surface area contributed by atoms with Gasteiger partial charge in [0.1, 0.15) is 5.82 Å². The Kier molecular flexibility index (Phi) is 3.67. The average molecular weight is 292 g/mol. The van der Waals surface area contributed by atoms with Crippen LogP contribution in [0, 0.1) is 6.92 Å². The van der Waals surface area contributed by atoms with Crippen LogP contribution in [0.5, 0.6) is 0 Å². The van der Waals surface area contributed by atoms with E-state index in [-0.39, 0.29) is 0 Å². The second kappa shape index (κ2) is 5.62. The van der Waals surface area contributed by atoms with E-state index in [0.717, 1.165) is 27.3 Å². The van der Waals surface area contributed by atoms with Gasteiger partial charge in [-0.3, -0.25) is 0 Å². The number of thiophene rings is 1. The van der Waals surface area contributed by atoms with Crippen LogP contribution in [-0.2, 0) is 0 Å². The Bertz CT molecular complexity index is 885. The van der Waals surface area contributed by atoms with E-state index in [4.69, 9.17) is 0 Å². The first kappa shape index (κ1) is 13.7. The van der Waals surface area contributed by atoms with E-state index >= 15 is 0 Å². The molecule has 0 fully saturated rings. The summed E-state index contributed by atoms with van der Waals surface area (Å²) in [6.07, 6.45) is 7.87. The zero-order chi connectivity index (χ0) is 14.8. The topological polar surface area (TPSA) is 25.8 Å². The van der Waals surface area contributed by atoms with Gasteiger partial charge in [0.2, 0.25) is 0 Å². The van der Waals surface area contributed by atoms with E-state index in [1.807, 2.05) is 26.0 Å². The normalized spacial score (nSPS) is 12.6. The van der Waals surface area contributed by atoms with E-state index in [2.05, 4.69) is 46.9 Å². The van der Waals surface area contributed by atoms with Crippen molar-refractivity contribution in [2.45, 2.75) is 13.8 Å². The van der Waals surface area contributed by atoms with Gasteiger partial charge in [0.05, 0.1) is 15.9 Å². The molecule has 3 heteroatoms. The van der Waals surface area contributed by atoms with Gasteiger partial charge < -0.3 is 0 Å². The number of hydrogen-bond acceptors (Lipinski definition) is 3. The summed E-state index contributed by atoms with van der Waals surface area (Å²) >= 11 is 1.74. The second-order valence-corrected chi connectivity index (χ2v) is 5.81. The largest absolute Gasteiger partial charge is 0.232 e. The van der Waals surface area contributed by atoms with Crippen LogP contribution in [0.1, 0.15) is 18.4 Å². The maximum absolute atomic E-state index is 4.67. The Hall–Kier alpha value is -2.26. The van der Waals surface area contributed by atoms with Gasteiger partial charge in [-0.05, 0) is 19.9 Å². The molecular formula is C18H16N2S. The third kappa shape index (κ3) is 2.41. The van der Waals surface area contributed by atoms with E-state index in [0.29, 0.717) is 0 Å². The lowest BCUT2D eigenvalue weighted by molar-refractivity contribution is 1.08. The van der Waals surface area contributed by atoms with Crippen molar-refractivity contribution in [3.05, 3.63) is 66.7 Å². The molecule has 2 heterocycles. The molecule has 0 bridgehead atoms. The Morgan fingerprint density at radius 1 is 1.24 bits per heavy atom. The average Bonchev–Trinajstić information content (AvgIpc) is 2.85. The summed E-state index contributed by atoms with van der Waals surface area (Å²) in [5.41, 5.74) is 3.09. The summed E-state index contributed by atoms with van der Waals surface area (Å²) in [4.78, 5) is 9.32. The fourth-order valence-electron chi connectivity index (χ4n) is 2.42. The van der Waals surface area contributed by atoms with E-state index in [9.17, 15) is 0 Å². The molecule has 2 aromatic heterocycles. The highest BCUT2D eigenvalue weighted by atomic mass is 32.1. The maximum Gasteiger partial charge on any atom is 0.126 e. The minimum Gasteiger partial charge on any atom is -0.232 e. The molecule has 104 valence electrons. The van der Waals surface area contributed by atoms with Crippen molar-refractivity contribution in [3.8, 4) is 0 Å². The molecule has 0 spiro atoms. The molecule has 0 radical (unpaired) electrons. The van der Waals surface area contributed by atoms with Gasteiger partial charge in [-0.2, -0.15) is 0 Å². The molecule has 3 aromatic rings. The lowest BCUT2D eigenvalue weighted by Crippen LogP contribution is -1.94. The van der Waals surface area contributed by atoms with Gasteiger partial charge in [-0.15, -0.1) is 11.3 Å². The van der Waals surface area contributed by atoms with Gasteiger partial charge in [-0.25, -0.2) is 9.97 Å². The zero-order valence-corrected chi connectivity index (χ0v) is 12.9. The third-order valence-electron chi connectivity index (χ3n) is 3.25. The molecule has 0 saturated heterocycles. The molecule has 0 atom stereocenters. The summed E-state index contributed by atoms with van der Waals surface area (Å²) in [7, 11) is 0. The van der Waals surface area contributed by atoms with Gasteiger partial charge in [-0.1, -0.05) is 49.1 Å². The van der Waals surface area contributed by atoms with E-state index in [1.54, 1.807) is 17.4 Å². The number of allylic oxidation sites excluding steroid dienone is 5. The second-order valence-electron chi connectivity index (χ2n) is 4.75. The molecular weight excluding hydrogens is 276 g/mol. The smallest absolute Gasteiger partial charge is 0.126 e. The van der Waals surface area contributed by atoms with E-state index in [1.165, 1.54) is 10.1 Å². The molecule has 0 unspecified atom stereocenters. The van der Waals surface area contributed by atoms with Gasteiger partial charge in [0.25, 0.3) is 0 Å². The molecule has 0 aliphatic rings. The molecule has 0 N–H and O–H groups in total. The highest BCUT2D eigenvalue weighted by molar-refractivity contribution is 7.26. The summed E-state index contributed by atoms with van der Waals surface area (Å²) < 4.78 is 2.38. The van der Waals surface area contributed by atoms with Crippen molar-refractivity contribution in [1.29, 1.82) is 0 Å². The molecule has 21 heavy (non-hydrogen) atoms. The van der Waals surface area contributed by atoms with Crippen LogP contribution in [0.3, 0.4) is 0 Å². The minimum absolute atomic E-state index is 0.792. The standard InChI is InChI=1S/C18H16N2S/c1-4-8-13(9-5-2)16-18-17(20-12(3)19-16)14-10-6-7-11-15(14)21-18/h4-11H,1H2,2-3H3/b9-5-,13-8+. The number of aromatic nitrogens is 2. The number of hydrogen-bond donors (Lipinski definition) is 0. The summed E-state index contributed by atoms with van der Waals surface area (Å²) in [5.74, 6) is 0.792. The number of rotatable bonds is 3. The van der Waals surface area contributed by atoms with Crippen LogP contribution in [0.25, 0.3) is 25.9 Å². The number of benzene rings is 1. The number of fused-ring (bicyclic) bond motifs is 3. The monoisotopic (exact) mass is 292 g/mol. The van der Waals surface area contributed by atoms with Gasteiger partial charge in [0, 0.05) is 15.7 Å². The Labute approximate surface area is 128 Å². The molecule has 0 aliphatic carbocycles. The van der Waals surface area contributed by atoms with Crippen molar-refractivity contribution in [2.75, 3.05) is 0 Å². The summed E-state index contributed by atoms with van der Waals surface area (Å²) in [6, 6.07) is 8.37.